The molecular formula is C17H21NO4. The molecule has 5 heteroatoms. The lowest BCUT2D eigenvalue weighted by molar-refractivity contribution is 0.00643. The van der Waals surface area contributed by atoms with Crippen molar-refractivity contribution in [3.63, 3.8) is 0 Å². The van der Waals surface area contributed by atoms with Crippen molar-refractivity contribution in [3.8, 4) is 11.5 Å². The highest BCUT2D eigenvalue weighted by atomic mass is 16.5. The highest BCUT2D eigenvalue weighted by Gasteiger charge is 2.57. The highest BCUT2D eigenvalue weighted by Crippen LogP contribution is 2.55. The molecule has 4 atom stereocenters. The minimum Gasteiger partial charge on any atom is -0.493 e. The predicted molar refractivity (Wildman–Crippen MR) is 81.2 cm³/mol. The van der Waals surface area contributed by atoms with Crippen LogP contribution < -0.4 is 9.47 Å². The van der Waals surface area contributed by atoms with E-state index in [1.54, 1.807) is 13.2 Å². The summed E-state index contributed by atoms with van der Waals surface area (Å²) in [7, 11) is 3.63. The van der Waals surface area contributed by atoms with Crippen molar-refractivity contribution in [2.75, 3.05) is 20.7 Å². The lowest BCUT2D eigenvalue weighted by Crippen LogP contribution is -2.52. The van der Waals surface area contributed by atoms with Crippen LogP contribution in [0.5, 0.6) is 11.5 Å². The van der Waals surface area contributed by atoms with E-state index in [1.165, 1.54) is 0 Å². The van der Waals surface area contributed by atoms with Gasteiger partial charge in [0.25, 0.3) is 0 Å². The summed E-state index contributed by atoms with van der Waals surface area (Å²) in [5.74, 6) is 1.41. The van der Waals surface area contributed by atoms with Crippen LogP contribution in [0.25, 0.3) is 0 Å². The van der Waals surface area contributed by atoms with Crippen molar-refractivity contribution in [3.05, 3.63) is 35.4 Å². The van der Waals surface area contributed by atoms with E-state index in [0.717, 1.165) is 23.4 Å². The second-order valence-electron chi connectivity index (χ2n) is 6.55. The van der Waals surface area contributed by atoms with Gasteiger partial charge in [0.15, 0.2) is 11.5 Å². The summed E-state index contributed by atoms with van der Waals surface area (Å²) in [6.07, 6.45) is 2.83. The monoisotopic (exact) mass is 303 g/mol. The smallest absolute Gasteiger partial charge is 0.166 e. The number of aliphatic hydroxyl groups excluding tert-OH is 2. The Bertz CT molecular complexity index is 644. The molecule has 4 rings (SSSR count). The number of aliphatic hydroxyl groups is 2. The predicted octanol–water partition coefficient (Wildman–Crippen LogP) is 0.821. The summed E-state index contributed by atoms with van der Waals surface area (Å²) >= 11 is 0. The van der Waals surface area contributed by atoms with Gasteiger partial charge >= 0.3 is 0 Å². The average molecular weight is 303 g/mol. The van der Waals surface area contributed by atoms with E-state index in [4.69, 9.17) is 9.47 Å². The largest absolute Gasteiger partial charge is 0.493 e. The molecule has 3 unspecified atom stereocenters. The molecule has 2 N–H and O–H groups in total. The van der Waals surface area contributed by atoms with Crippen LogP contribution in [0.1, 0.15) is 17.5 Å². The maximum atomic E-state index is 10.9. The Morgan fingerprint density at radius 1 is 1.36 bits per heavy atom. The van der Waals surface area contributed by atoms with Gasteiger partial charge < -0.3 is 19.7 Å². The number of ether oxygens (including phenoxy) is 2. The molecule has 0 saturated heterocycles. The van der Waals surface area contributed by atoms with E-state index < -0.39 is 17.6 Å². The Kier molecular flexibility index (Phi) is 3.01. The fraction of sp³-hybridized carbons (Fsp3) is 0.529. The van der Waals surface area contributed by atoms with Crippen LogP contribution in [0.15, 0.2) is 24.3 Å². The molecule has 5 nitrogen and oxygen atoms in total. The molecule has 3 aliphatic rings. The van der Waals surface area contributed by atoms with Crippen molar-refractivity contribution in [1.82, 2.24) is 4.90 Å². The Morgan fingerprint density at radius 3 is 2.95 bits per heavy atom. The van der Waals surface area contributed by atoms with E-state index in [1.807, 2.05) is 19.2 Å². The zero-order valence-corrected chi connectivity index (χ0v) is 12.8. The first kappa shape index (κ1) is 14.1. The van der Waals surface area contributed by atoms with Gasteiger partial charge in [0, 0.05) is 25.1 Å². The lowest BCUT2D eigenvalue weighted by Gasteiger charge is -2.39. The van der Waals surface area contributed by atoms with E-state index in [9.17, 15) is 10.2 Å². The molecule has 2 aliphatic heterocycles. The maximum Gasteiger partial charge on any atom is 0.166 e. The third-order valence-electron chi connectivity index (χ3n) is 5.18. The lowest BCUT2D eigenvalue weighted by atomic mass is 9.67. The van der Waals surface area contributed by atoms with E-state index in [2.05, 4.69) is 11.0 Å². The van der Waals surface area contributed by atoms with Crippen molar-refractivity contribution in [2.24, 2.45) is 0 Å². The summed E-state index contributed by atoms with van der Waals surface area (Å²) < 4.78 is 11.6. The number of likely N-dealkylation sites (N-methyl/N-ethyl adjacent to an activating group) is 1. The van der Waals surface area contributed by atoms with Gasteiger partial charge in [-0.3, -0.25) is 4.90 Å². The molecule has 0 radical (unpaired) electrons. The molecule has 0 fully saturated rings. The molecule has 0 saturated carbocycles. The van der Waals surface area contributed by atoms with Gasteiger partial charge in [0.1, 0.15) is 6.10 Å². The van der Waals surface area contributed by atoms with Crippen LogP contribution in [0.2, 0.25) is 0 Å². The third-order valence-corrected chi connectivity index (χ3v) is 5.18. The van der Waals surface area contributed by atoms with E-state index >= 15 is 0 Å². The van der Waals surface area contributed by atoms with Crippen LogP contribution in [0, 0.1) is 0 Å². The number of β-amino-alcohol motifs (C(OH)–C–C–N with tert-alkyl or cyclic N) is 1. The first-order chi connectivity index (χ1) is 10.6. The second-order valence-corrected chi connectivity index (χ2v) is 6.55. The van der Waals surface area contributed by atoms with E-state index in [-0.39, 0.29) is 6.10 Å². The average Bonchev–Trinajstić information content (AvgIpc) is 2.77. The van der Waals surface area contributed by atoms with Crippen molar-refractivity contribution < 1.29 is 19.7 Å². The Hall–Kier alpha value is -1.56. The number of hydrogen-bond donors (Lipinski definition) is 2. The quantitative estimate of drug-likeness (QED) is 0.752. The fourth-order valence-corrected chi connectivity index (χ4v) is 4.19. The Balaban J connectivity index is 1.99. The second kappa shape index (κ2) is 4.72. The van der Waals surface area contributed by atoms with Crippen LogP contribution >= 0.6 is 0 Å². The number of hydrogen-bond acceptors (Lipinski definition) is 5. The van der Waals surface area contributed by atoms with Crippen LogP contribution in [0.4, 0.5) is 0 Å². The van der Waals surface area contributed by atoms with Gasteiger partial charge in [-0.05, 0) is 18.7 Å². The molecule has 1 aromatic carbocycles. The molecule has 0 aromatic heterocycles. The number of benzene rings is 1. The maximum absolute atomic E-state index is 10.9. The molecule has 1 aliphatic carbocycles. The topological polar surface area (TPSA) is 62.2 Å². The molecule has 0 amide bonds. The molecule has 2 heterocycles. The molecular weight excluding hydrogens is 282 g/mol. The van der Waals surface area contributed by atoms with Gasteiger partial charge in [-0.25, -0.2) is 0 Å². The first-order valence-corrected chi connectivity index (χ1v) is 7.67. The summed E-state index contributed by atoms with van der Waals surface area (Å²) in [6, 6.07) is 3.98. The Morgan fingerprint density at radius 2 is 2.18 bits per heavy atom. The minimum absolute atomic E-state index is 0.265. The summed E-state index contributed by atoms with van der Waals surface area (Å²) in [5, 5.41) is 20.9. The normalized spacial score (nSPS) is 36.3. The van der Waals surface area contributed by atoms with Crippen molar-refractivity contribution in [1.29, 1.82) is 0 Å². The molecule has 118 valence electrons. The minimum atomic E-state index is -0.594. The summed E-state index contributed by atoms with van der Waals surface area (Å²) in [4.78, 5) is 2.12. The van der Waals surface area contributed by atoms with Crippen molar-refractivity contribution in [2.45, 2.75) is 36.7 Å². The molecule has 0 bridgehead atoms. The Labute approximate surface area is 129 Å². The van der Waals surface area contributed by atoms with Gasteiger partial charge in [-0.2, -0.15) is 0 Å². The first-order valence-electron chi connectivity index (χ1n) is 7.67. The van der Waals surface area contributed by atoms with E-state index in [0.29, 0.717) is 18.7 Å². The third kappa shape index (κ3) is 1.70. The molecule has 1 aromatic rings. The zero-order valence-electron chi connectivity index (χ0n) is 12.8. The summed E-state index contributed by atoms with van der Waals surface area (Å²) in [6.45, 7) is 1.33. The van der Waals surface area contributed by atoms with Crippen LogP contribution in [0.3, 0.4) is 0 Å². The van der Waals surface area contributed by atoms with Gasteiger partial charge in [-0.1, -0.05) is 18.2 Å². The zero-order chi connectivity index (χ0) is 15.5. The summed E-state index contributed by atoms with van der Waals surface area (Å²) in [5.41, 5.74) is 1.58. The number of nitrogens with zero attached hydrogens (tertiary/aromatic N) is 1. The van der Waals surface area contributed by atoms with Gasteiger partial charge in [0.2, 0.25) is 0 Å². The number of rotatable bonds is 1. The molecule has 22 heavy (non-hydrogen) atoms. The van der Waals surface area contributed by atoms with Crippen LogP contribution in [-0.2, 0) is 12.0 Å². The SMILES string of the molecule is COc1ccc2c3c1OC1CC(O)C=CC31[C@H](O)CN(C)C2. The fourth-order valence-electron chi connectivity index (χ4n) is 4.19. The van der Waals surface area contributed by atoms with Gasteiger partial charge in [0.05, 0.1) is 24.7 Å². The van der Waals surface area contributed by atoms with Crippen LogP contribution in [-0.4, -0.2) is 54.1 Å². The highest BCUT2D eigenvalue weighted by molar-refractivity contribution is 5.61. The standard InChI is InChI=1S/C17H21NO4/c1-18-8-10-3-4-12(21-2)16-15(10)17(13(20)9-18)6-5-11(19)7-14(17)22-16/h3-6,11,13-14,19-20H,7-9H2,1-2H3/t11?,13-,14?,17?/m1/s1. The van der Waals surface area contributed by atoms with Crippen molar-refractivity contribution >= 4 is 0 Å². The number of methoxy groups -OCH3 is 1. The van der Waals surface area contributed by atoms with Gasteiger partial charge in [-0.15, -0.1) is 0 Å². The molecule has 1 spiro atoms.